The number of hydrogen-bond donors (Lipinski definition) is 0. The molecule has 2 aromatic carbocycles. The fraction of sp³-hybridized carbons (Fsp3) is 0.0769. The quantitative estimate of drug-likeness (QED) is 0.681. The van der Waals surface area contributed by atoms with E-state index in [1.54, 1.807) is 18.2 Å². The molecule has 0 saturated heterocycles. The lowest BCUT2D eigenvalue weighted by Crippen LogP contribution is -2.03. The van der Waals surface area contributed by atoms with E-state index >= 15 is 0 Å². The summed E-state index contributed by atoms with van der Waals surface area (Å²) in [4.78, 5) is 0. The Morgan fingerprint density at radius 1 is 0.842 bits per heavy atom. The van der Waals surface area contributed by atoms with Crippen LogP contribution < -0.4 is 4.74 Å². The van der Waals surface area contributed by atoms with Crippen molar-refractivity contribution >= 4 is 34.8 Å². The second kappa shape index (κ2) is 5.95. The Bertz CT molecular complexity index is 582. The second-order valence-corrected chi connectivity index (χ2v) is 4.99. The Labute approximate surface area is 123 Å². The van der Waals surface area contributed by atoms with Crippen LogP contribution in [-0.4, -0.2) is 6.61 Å². The van der Waals surface area contributed by atoms with Crippen LogP contribution in [0, 0.1) is 0 Å². The van der Waals surface area contributed by atoms with E-state index in [2.05, 4.69) is 4.74 Å². The van der Waals surface area contributed by atoms with Gasteiger partial charge in [0.05, 0.1) is 0 Å². The monoisotopic (exact) mass is 322 g/mol. The summed E-state index contributed by atoms with van der Waals surface area (Å²) in [7, 11) is 0. The SMILES string of the molecule is FC(F)Oc1ccc(Cl)cc1-c1cc(Cl)cc(Cl)c1. The molecule has 0 spiro atoms. The topological polar surface area (TPSA) is 9.23 Å². The van der Waals surface area contributed by atoms with Crippen LogP contribution in [0.25, 0.3) is 11.1 Å². The zero-order valence-corrected chi connectivity index (χ0v) is 11.6. The molecule has 0 aromatic heterocycles. The lowest BCUT2D eigenvalue weighted by atomic mass is 10.0. The summed E-state index contributed by atoms with van der Waals surface area (Å²) in [6.07, 6.45) is 0. The Morgan fingerprint density at radius 3 is 2.05 bits per heavy atom. The summed E-state index contributed by atoms with van der Waals surface area (Å²) in [6, 6.07) is 9.09. The van der Waals surface area contributed by atoms with Crippen molar-refractivity contribution in [2.75, 3.05) is 0 Å². The lowest BCUT2D eigenvalue weighted by Gasteiger charge is -2.12. The van der Waals surface area contributed by atoms with Gasteiger partial charge in [0.2, 0.25) is 0 Å². The maximum atomic E-state index is 12.4. The minimum Gasteiger partial charge on any atom is -0.434 e. The van der Waals surface area contributed by atoms with E-state index in [9.17, 15) is 8.78 Å². The van der Waals surface area contributed by atoms with Crippen molar-refractivity contribution in [3.8, 4) is 16.9 Å². The van der Waals surface area contributed by atoms with Gasteiger partial charge in [-0.15, -0.1) is 0 Å². The highest BCUT2D eigenvalue weighted by Crippen LogP contribution is 2.36. The van der Waals surface area contributed by atoms with Gasteiger partial charge in [0, 0.05) is 20.6 Å². The molecule has 0 aliphatic heterocycles. The zero-order valence-electron chi connectivity index (χ0n) is 9.34. The molecule has 19 heavy (non-hydrogen) atoms. The Balaban J connectivity index is 2.55. The predicted molar refractivity (Wildman–Crippen MR) is 73.5 cm³/mol. The van der Waals surface area contributed by atoms with Gasteiger partial charge in [-0.1, -0.05) is 34.8 Å². The van der Waals surface area contributed by atoms with Gasteiger partial charge >= 0.3 is 6.61 Å². The molecule has 0 aliphatic carbocycles. The van der Waals surface area contributed by atoms with Crippen molar-refractivity contribution in [2.45, 2.75) is 6.61 Å². The number of hydrogen-bond acceptors (Lipinski definition) is 1. The third-order valence-electron chi connectivity index (χ3n) is 2.33. The van der Waals surface area contributed by atoms with Gasteiger partial charge in [-0.3, -0.25) is 0 Å². The number of alkyl halides is 2. The molecule has 2 rings (SSSR count). The number of ether oxygens (including phenoxy) is 1. The van der Waals surface area contributed by atoms with Gasteiger partial charge < -0.3 is 4.74 Å². The first kappa shape index (κ1) is 14.4. The molecule has 0 amide bonds. The van der Waals surface area contributed by atoms with Crippen LogP contribution in [0.4, 0.5) is 8.78 Å². The van der Waals surface area contributed by atoms with Crippen molar-refractivity contribution in [1.82, 2.24) is 0 Å². The van der Waals surface area contributed by atoms with Crippen LogP contribution in [0.5, 0.6) is 5.75 Å². The summed E-state index contributed by atoms with van der Waals surface area (Å²) >= 11 is 17.7. The van der Waals surface area contributed by atoms with Gasteiger partial charge in [0.25, 0.3) is 0 Å². The molecule has 0 N–H and O–H groups in total. The van der Waals surface area contributed by atoms with Crippen molar-refractivity contribution < 1.29 is 13.5 Å². The van der Waals surface area contributed by atoms with Crippen molar-refractivity contribution in [1.29, 1.82) is 0 Å². The minimum absolute atomic E-state index is 0.0118. The molecule has 2 aromatic rings. The Hall–Kier alpha value is -1.03. The van der Waals surface area contributed by atoms with E-state index in [1.165, 1.54) is 18.2 Å². The number of rotatable bonds is 3. The van der Waals surface area contributed by atoms with Crippen LogP contribution >= 0.6 is 34.8 Å². The van der Waals surface area contributed by atoms with Crippen molar-refractivity contribution in [2.24, 2.45) is 0 Å². The highest BCUT2D eigenvalue weighted by atomic mass is 35.5. The van der Waals surface area contributed by atoms with Crippen LogP contribution in [0.1, 0.15) is 0 Å². The summed E-state index contributed by atoms with van der Waals surface area (Å²) in [5, 5.41) is 1.18. The maximum Gasteiger partial charge on any atom is 0.387 e. The number of benzene rings is 2. The molecule has 0 bridgehead atoms. The minimum atomic E-state index is -2.92. The van der Waals surface area contributed by atoms with Crippen LogP contribution in [0.3, 0.4) is 0 Å². The standard InChI is InChI=1S/C13H7Cl3F2O/c14-8-1-2-12(19-13(17)18)11(6-8)7-3-9(15)5-10(16)4-7/h1-6,13H. The highest BCUT2D eigenvalue weighted by Gasteiger charge is 2.13. The summed E-state index contributed by atoms with van der Waals surface area (Å²) < 4.78 is 29.2. The molecule has 0 atom stereocenters. The second-order valence-electron chi connectivity index (χ2n) is 3.68. The zero-order chi connectivity index (χ0) is 14.0. The van der Waals surface area contributed by atoms with E-state index in [4.69, 9.17) is 34.8 Å². The molecule has 0 aliphatic rings. The average molecular weight is 324 g/mol. The molecule has 100 valence electrons. The first-order chi connectivity index (χ1) is 8.95. The van der Waals surface area contributed by atoms with E-state index in [-0.39, 0.29) is 5.75 Å². The molecule has 0 radical (unpaired) electrons. The Morgan fingerprint density at radius 2 is 1.47 bits per heavy atom. The first-order valence-corrected chi connectivity index (χ1v) is 6.30. The van der Waals surface area contributed by atoms with Crippen LogP contribution in [0.2, 0.25) is 15.1 Å². The van der Waals surface area contributed by atoms with E-state index in [0.717, 1.165) is 0 Å². The summed E-state index contributed by atoms with van der Waals surface area (Å²) in [5.74, 6) is 0.0118. The van der Waals surface area contributed by atoms with Crippen molar-refractivity contribution in [3.05, 3.63) is 51.5 Å². The Kier molecular flexibility index (Phi) is 4.50. The van der Waals surface area contributed by atoms with Gasteiger partial charge in [-0.25, -0.2) is 0 Å². The fourth-order valence-corrected chi connectivity index (χ4v) is 2.33. The summed E-state index contributed by atoms with van der Waals surface area (Å²) in [6.45, 7) is -2.92. The van der Waals surface area contributed by atoms with Gasteiger partial charge in [0.15, 0.2) is 0 Å². The predicted octanol–water partition coefficient (Wildman–Crippen LogP) is 5.92. The smallest absolute Gasteiger partial charge is 0.387 e. The molecule has 6 heteroatoms. The molecule has 0 saturated carbocycles. The van der Waals surface area contributed by atoms with Crippen LogP contribution in [-0.2, 0) is 0 Å². The van der Waals surface area contributed by atoms with Gasteiger partial charge in [-0.05, 0) is 42.0 Å². The van der Waals surface area contributed by atoms with E-state index < -0.39 is 6.61 Å². The highest BCUT2D eigenvalue weighted by molar-refractivity contribution is 6.35. The average Bonchev–Trinajstić information content (AvgIpc) is 2.29. The molecule has 0 fully saturated rings. The maximum absolute atomic E-state index is 12.4. The van der Waals surface area contributed by atoms with E-state index in [1.807, 2.05) is 0 Å². The van der Waals surface area contributed by atoms with Gasteiger partial charge in [0.1, 0.15) is 5.75 Å². The fourth-order valence-electron chi connectivity index (χ4n) is 1.64. The normalized spacial score (nSPS) is 10.8. The third kappa shape index (κ3) is 3.72. The lowest BCUT2D eigenvalue weighted by molar-refractivity contribution is -0.0494. The van der Waals surface area contributed by atoms with Gasteiger partial charge in [-0.2, -0.15) is 8.78 Å². The molecule has 0 heterocycles. The summed E-state index contributed by atoms with van der Waals surface area (Å²) in [5.41, 5.74) is 0.952. The molecular formula is C13H7Cl3F2O. The molecule has 0 unspecified atom stereocenters. The largest absolute Gasteiger partial charge is 0.434 e. The molecular weight excluding hydrogens is 316 g/mol. The third-order valence-corrected chi connectivity index (χ3v) is 3.00. The molecule has 1 nitrogen and oxygen atoms in total. The number of halogens is 5. The van der Waals surface area contributed by atoms with Crippen molar-refractivity contribution in [3.63, 3.8) is 0 Å². The van der Waals surface area contributed by atoms with Crippen LogP contribution in [0.15, 0.2) is 36.4 Å². The first-order valence-electron chi connectivity index (χ1n) is 5.16. The van der Waals surface area contributed by atoms with E-state index in [0.29, 0.717) is 26.2 Å².